The highest BCUT2D eigenvalue weighted by atomic mass is 19.4. The molecule has 6 heteroatoms. The Morgan fingerprint density at radius 3 is 2.30 bits per heavy atom. The number of hydrogen-bond acceptors (Lipinski definition) is 3. The maximum Gasteiger partial charge on any atom is 0.391 e. The molecule has 0 bridgehead atoms. The summed E-state index contributed by atoms with van der Waals surface area (Å²) in [7, 11) is 0. The number of carbonyl (C=O) groups is 1. The van der Waals surface area contributed by atoms with Crippen LogP contribution in [-0.2, 0) is 9.53 Å². The molecule has 0 heterocycles. The Morgan fingerprint density at radius 2 is 1.80 bits per heavy atom. The van der Waals surface area contributed by atoms with Gasteiger partial charge >= 0.3 is 12.1 Å². The Balaban J connectivity index is 3.60. The zero-order chi connectivity index (χ0) is 15.8. The predicted octanol–water partition coefficient (Wildman–Crippen LogP) is 3.62. The van der Waals surface area contributed by atoms with Gasteiger partial charge in [-0.05, 0) is 19.8 Å². The molecule has 0 aromatic carbocycles. The quantitative estimate of drug-likeness (QED) is 0.401. The van der Waals surface area contributed by atoms with Crippen molar-refractivity contribution in [3.63, 3.8) is 0 Å². The fourth-order valence-corrected chi connectivity index (χ4v) is 1.55. The first-order valence-corrected chi connectivity index (χ1v) is 6.72. The molecule has 2 atom stereocenters. The first-order valence-electron chi connectivity index (χ1n) is 6.72. The molecule has 20 heavy (non-hydrogen) atoms. The lowest BCUT2D eigenvalue weighted by atomic mass is 10.0. The minimum absolute atomic E-state index is 0.101. The van der Waals surface area contributed by atoms with Crippen LogP contribution < -0.4 is 0 Å². The molecule has 0 aliphatic rings. The fraction of sp³-hybridized carbons (Fsp3) is 0.786. The minimum atomic E-state index is -4.13. The number of halogens is 3. The highest BCUT2D eigenvalue weighted by Gasteiger charge is 2.34. The van der Waals surface area contributed by atoms with E-state index >= 15 is 0 Å². The van der Waals surface area contributed by atoms with Crippen molar-refractivity contribution in [3.05, 3.63) is 12.2 Å². The number of rotatable bonds is 9. The van der Waals surface area contributed by atoms with Crippen LogP contribution in [0.4, 0.5) is 13.2 Å². The van der Waals surface area contributed by atoms with Crippen LogP contribution in [0.2, 0.25) is 0 Å². The average molecular weight is 296 g/mol. The van der Waals surface area contributed by atoms with Crippen molar-refractivity contribution in [3.8, 4) is 0 Å². The molecular weight excluding hydrogens is 273 g/mol. The van der Waals surface area contributed by atoms with Crippen LogP contribution in [-0.4, -0.2) is 30.0 Å². The van der Waals surface area contributed by atoms with E-state index in [4.69, 9.17) is 4.74 Å². The van der Waals surface area contributed by atoms with Crippen molar-refractivity contribution in [1.82, 2.24) is 0 Å². The van der Waals surface area contributed by atoms with Gasteiger partial charge < -0.3 is 9.84 Å². The Labute approximate surface area is 117 Å². The van der Waals surface area contributed by atoms with E-state index in [9.17, 15) is 23.1 Å². The standard InChI is InChI=1S/C14H23F3O3/c1-10(2)13(19)20-9-12(18)8-6-4-5-7-11(3)14(15,16)17/h11-12,18H,1,4-9H2,2-3H3. The van der Waals surface area contributed by atoms with E-state index in [-0.39, 0.29) is 18.6 Å². The zero-order valence-electron chi connectivity index (χ0n) is 12.0. The molecule has 118 valence electrons. The van der Waals surface area contributed by atoms with Gasteiger partial charge in [-0.1, -0.05) is 32.8 Å². The normalized spacial score (nSPS) is 14.7. The molecule has 1 N–H and O–H groups in total. The van der Waals surface area contributed by atoms with Gasteiger partial charge in [0.2, 0.25) is 0 Å². The molecule has 0 aromatic heterocycles. The van der Waals surface area contributed by atoms with Crippen LogP contribution in [0.15, 0.2) is 12.2 Å². The SMILES string of the molecule is C=C(C)C(=O)OCC(O)CCCCCC(C)C(F)(F)F. The van der Waals surface area contributed by atoms with E-state index in [2.05, 4.69) is 6.58 Å². The van der Waals surface area contributed by atoms with Crippen LogP contribution in [0.5, 0.6) is 0 Å². The van der Waals surface area contributed by atoms with Gasteiger partial charge in [-0.3, -0.25) is 0 Å². The third kappa shape index (κ3) is 8.96. The van der Waals surface area contributed by atoms with Crippen LogP contribution in [0.25, 0.3) is 0 Å². The highest BCUT2D eigenvalue weighted by molar-refractivity contribution is 5.86. The summed E-state index contributed by atoms with van der Waals surface area (Å²) in [4.78, 5) is 11.1. The first-order chi connectivity index (χ1) is 9.14. The van der Waals surface area contributed by atoms with Gasteiger partial charge in [-0.15, -0.1) is 0 Å². The summed E-state index contributed by atoms with van der Waals surface area (Å²) in [5, 5.41) is 9.53. The second-order valence-corrected chi connectivity index (χ2v) is 5.11. The van der Waals surface area contributed by atoms with Crippen LogP contribution in [0.1, 0.15) is 46.0 Å². The van der Waals surface area contributed by atoms with Gasteiger partial charge in [0.15, 0.2) is 0 Å². The van der Waals surface area contributed by atoms with E-state index in [1.54, 1.807) is 0 Å². The Kier molecular flexibility index (Phi) is 8.53. The highest BCUT2D eigenvalue weighted by Crippen LogP contribution is 2.29. The van der Waals surface area contributed by atoms with Crippen molar-refractivity contribution >= 4 is 5.97 Å². The maximum atomic E-state index is 12.2. The van der Waals surface area contributed by atoms with Crippen LogP contribution in [0.3, 0.4) is 0 Å². The molecule has 0 radical (unpaired) electrons. The zero-order valence-corrected chi connectivity index (χ0v) is 12.0. The first kappa shape index (κ1) is 19.0. The average Bonchev–Trinajstić information content (AvgIpc) is 2.33. The van der Waals surface area contributed by atoms with Gasteiger partial charge in [0.05, 0.1) is 12.0 Å². The molecule has 0 saturated heterocycles. The molecule has 0 saturated carbocycles. The van der Waals surface area contributed by atoms with Crippen molar-refractivity contribution in [1.29, 1.82) is 0 Å². The van der Waals surface area contributed by atoms with Gasteiger partial charge in [0.1, 0.15) is 6.61 Å². The van der Waals surface area contributed by atoms with E-state index in [1.807, 2.05) is 0 Å². The molecule has 0 aromatic rings. The predicted molar refractivity (Wildman–Crippen MR) is 70.1 cm³/mol. The van der Waals surface area contributed by atoms with Crippen LogP contribution in [0, 0.1) is 5.92 Å². The van der Waals surface area contributed by atoms with E-state index in [0.717, 1.165) is 0 Å². The molecule has 3 nitrogen and oxygen atoms in total. The Bertz CT molecular complexity index is 313. The summed E-state index contributed by atoms with van der Waals surface area (Å²) in [5.41, 5.74) is 0.262. The minimum Gasteiger partial charge on any atom is -0.460 e. The molecule has 0 rings (SSSR count). The van der Waals surface area contributed by atoms with Crippen LogP contribution >= 0.6 is 0 Å². The molecule has 0 aliphatic carbocycles. The number of aliphatic hydroxyl groups excluding tert-OH is 1. The van der Waals surface area contributed by atoms with Gasteiger partial charge in [0.25, 0.3) is 0 Å². The molecule has 0 spiro atoms. The third-order valence-corrected chi connectivity index (χ3v) is 2.99. The molecule has 0 aliphatic heterocycles. The largest absolute Gasteiger partial charge is 0.460 e. The van der Waals surface area contributed by atoms with Gasteiger partial charge in [-0.25, -0.2) is 4.79 Å². The van der Waals surface area contributed by atoms with Crippen molar-refractivity contribution in [2.45, 2.75) is 58.2 Å². The summed E-state index contributed by atoms with van der Waals surface area (Å²) in [5.74, 6) is -1.84. The van der Waals surface area contributed by atoms with Gasteiger partial charge in [0, 0.05) is 5.57 Å². The van der Waals surface area contributed by atoms with Crippen molar-refractivity contribution in [2.75, 3.05) is 6.61 Å². The lowest BCUT2D eigenvalue weighted by Gasteiger charge is -2.15. The molecule has 0 fully saturated rings. The number of unbranched alkanes of at least 4 members (excludes halogenated alkanes) is 2. The molecule has 2 unspecified atom stereocenters. The monoisotopic (exact) mass is 296 g/mol. The third-order valence-electron chi connectivity index (χ3n) is 2.99. The van der Waals surface area contributed by atoms with E-state index in [0.29, 0.717) is 25.7 Å². The topological polar surface area (TPSA) is 46.5 Å². The summed E-state index contributed by atoms with van der Waals surface area (Å²) < 4.78 is 41.5. The second-order valence-electron chi connectivity index (χ2n) is 5.11. The second kappa shape index (κ2) is 9.00. The number of hydrogen-bond donors (Lipinski definition) is 1. The summed E-state index contributed by atoms with van der Waals surface area (Å²) in [6.07, 6.45) is -2.70. The smallest absolute Gasteiger partial charge is 0.391 e. The molecule has 0 amide bonds. The lowest BCUT2D eigenvalue weighted by Crippen LogP contribution is -2.20. The molecular formula is C14H23F3O3. The van der Waals surface area contributed by atoms with Crippen molar-refractivity contribution < 1.29 is 27.8 Å². The Hall–Kier alpha value is -1.04. The van der Waals surface area contributed by atoms with E-state index < -0.39 is 24.2 Å². The number of ether oxygens (including phenoxy) is 1. The number of aliphatic hydroxyl groups is 1. The van der Waals surface area contributed by atoms with E-state index in [1.165, 1.54) is 13.8 Å². The summed E-state index contributed by atoms with van der Waals surface area (Å²) >= 11 is 0. The lowest BCUT2D eigenvalue weighted by molar-refractivity contribution is -0.171. The van der Waals surface area contributed by atoms with Gasteiger partial charge in [-0.2, -0.15) is 13.2 Å². The number of carbonyl (C=O) groups excluding carboxylic acids is 1. The maximum absolute atomic E-state index is 12.2. The number of alkyl halides is 3. The number of esters is 1. The summed E-state index contributed by atoms with van der Waals surface area (Å²) in [6.45, 7) is 5.98. The fourth-order valence-electron chi connectivity index (χ4n) is 1.55. The van der Waals surface area contributed by atoms with Crippen molar-refractivity contribution in [2.24, 2.45) is 5.92 Å². The summed E-state index contributed by atoms with van der Waals surface area (Å²) in [6, 6.07) is 0. The Morgan fingerprint density at radius 1 is 1.25 bits per heavy atom.